The summed E-state index contributed by atoms with van der Waals surface area (Å²) in [4.78, 5) is 5.65. The molecule has 1 saturated carbocycles. The van der Waals surface area contributed by atoms with Gasteiger partial charge >= 0.3 is 6.85 Å². The van der Waals surface area contributed by atoms with Crippen molar-refractivity contribution in [2.45, 2.75) is 154 Å². The molecule has 0 bridgehead atoms. The lowest BCUT2D eigenvalue weighted by atomic mass is 9.42. The molecule has 342 valence electrons. The summed E-state index contributed by atoms with van der Waals surface area (Å²) < 4.78 is 7.59. The van der Waals surface area contributed by atoms with Crippen LogP contribution in [0.4, 0.5) is 22.7 Å². The van der Waals surface area contributed by atoms with E-state index in [1.165, 1.54) is 125 Å². The minimum absolute atomic E-state index is 0.0166. The molecule has 2 atom stereocenters. The summed E-state index contributed by atoms with van der Waals surface area (Å²) in [6.45, 7) is 29.2. The Morgan fingerprint density at radius 1 is 0.544 bits per heavy atom. The number of furan rings is 1. The van der Waals surface area contributed by atoms with Crippen molar-refractivity contribution in [3.8, 4) is 22.3 Å². The molecule has 2 unspecified atom stereocenters. The van der Waals surface area contributed by atoms with Crippen LogP contribution < -0.4 is 20.6 Å². The van der Waals surface area contributed by atoms with Crippen LogP contribution in [0.2, 0.25) is 0 Å². The fourth-order valence-electron chi connectivity index (χ4n) is 14.2. The molecule has 3 aliphatic heterocycles. The molecule has 7 aromatic carbocycles. The Labute approximate surface area is 405 Å². The van der Waals surface area contributed by atoms with E-state index in [1.54, 1.807) is 5.56 Å². The summed E-state index contributed by atoms with van der Waals surface area (Å²) in [7, 11) is 0. The van der Waals surface area contributed by atoms with Crippen molar-refractivity contribution < 1.29 is 4.42 Å². The second-order valence-corrected chi connectivity index (χ2v) is 25.5. The molecule has 4 heterocycles. The summed E-state index contributed by atoms with van der Waals surface area (Å²) in [5.74, 6) is 0. The van der Waals surface area contributed by atoms with Gasteiger partial charge in [0.05, 0.1) is 11.4 Å². The number of benzene rings is 7. The molecule has 0 N–H and O–H groups in total. The van der Waals surface area contributed by atoms with Crippen molar-refractivity contribution in [3.05, 3.63) is 143 Å². The third-order valence-corrected chi connectivity index (χ3v) is 18.6. The van der Waals surface area contributed by atoms with Crippen LogP contribution in [0.3, 0.4) is 0 Å². The van der Waals surface area contributed by atoms with E-state index in [4.69, 9.17) is 4.42 Å². The number of hydrogen-bond donors (Lipinski definition) is 0. The Morgan fingerprint density at radius 3 is 1.96 bits per heavy atom. The molecule has 3 nitrogen and oxygen atoms in total. The molecule has 2 aliphatic carbocycles. The fraction of sp³-hybridized carbons (Fsp3) is 0.375. The van der Waals surface area contributed by atoms with Gasteiger partial charge in [-0.3, -0.25) is 0 Å². The van der Waals surface area contributed by atoms with Gasteiger partial charge in [-0.1, -0.05) is 168 Å². The Hall–Kier alpha value is -5.74. The van der Waals surface area contributed by atoms with Crippen molar-refractivity contribution in [2.75, 3.05) is 9.71 Å². The Kier molecular flexibility index (Phi) is 8.43. The maximum absolute atomic E-state index is 7.59. The van der Waals surface area contributed by atoms with E-state index in [2.05, 4.69) is 208 Å². The number of fused-ring (bicyclic) bond motifs is 14. The van der Waals surface area contributed by atoms with E-state index in [-0.39, 0.29) is 39.5 Å². The Balaban J connectivity index is 1.22. The molecule has 0 saturated heterocycles. The summed E-state index contributed by atoms with van der Waals surface area (Å²) in [6.07, 6.45) is 7.18. The molecule has 1 fully saturated rings. The van der Waals surface area contributed by atoms with Gasteiger partial charge in [-0.25, -0.2) is 0 Å². The van der Waals surface area contributed by atoms with E-state index < -0.39 is 0 Å². The van der Waals surface area contributed by atoms with E-state index in [1.807, 2.05) is 0 Å². The second kappa shape index (κ2) is 13.5. The van der Waals surface area contributed by atoms with Gasteiger partial charge in [0.1, 0.15) is 5.58 Å². The molecular formula is C64H67BN2O. The molecule has 0 radical (unpaired) electrons. The van der Waals surface area contributed by atoms with Crippen LogP contribution in [0, 0.1) is 0 Å². The van der Waals surface area contributed by atoms with E-state index >= 15 is 0 Å². The lowest BCUT2D eigenvalue weighted by Gasteiger charge is -2.55. The maximum atomic E-state index is 7.59. The molecule has 8 aromatic rings. The fourth-order valence-corrected chi connectivity index (χ4v) is 14.2. The van der Waals surface area contributed by atoms with Crippen molar-refractivity contribution in [1.82, 2.24) is 0 Å². The third kappa shape index (κ3) is 5.50. The molecule has 13 rings (SSSR count). The average Bonchev–Trinajstić information content (AvgIpc) is 3.78. The first kappa shape index (κ1) is 42.4. The van der Waals surface area contributed by atoms with Gasteiger partial charge < -0.3 is 14.1 Å². The standard InChI is InChI=1S/C64H67BN2O/c1-59(2,3)40-24-27-51(44(33-40)38-20-14-13-15-21-38)66-52-32-39-22-16-17-23-42(39)54-46-34-41(60(4,5)6)35-49-56(46)67(64(12)29-19-18-28-63(49,64)11)65(55(52)54)50-26-25-43-45-36-47-48(37-53(45)68-58(43)57(50)66)62(9,10)31-30-61(47,7)8/h13-17,20-27,32-37H,18-19,28-31H2,1-12H3. The molecular weight excluding hydrogens is 824 g/mol. The van der Waals surface area contributed by atoms with Gasteiger partial charge in [0, 0.05) is 44.2 Å². The number of hydrogen-bond acceptors (Lipinski definition) is 3. The highest BCUT2D eigenvalue weighted by atomic mass is 16.3. The molecule has 68 heavy (non-hydrogen) atoms. The number of anilines is 4. The van der Waals surface area contributed by atoms with Crippen LogP contribution in [0.5, 0.6) is 0 Å². The third-order valence-electron chi connectivity index (χ3n) is 18.6. The predicted molar refractivity (Wildman–Crippen MR) is 291 cm³/mol. The highest BCUT2D eigenvalue weighted by Crippen LogP contribution is 2.64. The molecule has 5 aliphatic rings. The largest absolute Gasteiger partial charge is 0.454 e. The van der Waals surface area contributed by atoms with Crippen molar-refractivity contribution in [2.24, 2.45) is 0 Å². The van der Waals surface area contributed by atoms with Gasteiger partial charge in [0.2, 0.25) is 0 Å². The van der Waals surface area contributed by atoms with Gasteiger partial charge in [-0.2, -0.15) is 0 Å². The van der Waals surface area contributed by atoms with Gasteiger partial charge in [-0.05, 0) is 151 Å². The zero-order chi connectivity index (χ0) is 47.2. The van der Waals surface area contributed by atoms with Gasteiger partial charge in [0.15, 0.2) is 5.58 Å². The van der Waals surface area contributed by atoms with E-state index in [0.29, 0.717) is 0 Å². The van der Waals surface area contributed by atoms with Gasteiger partial charge in [0.25, 0.3) is 0 Å². The SMILES string of the molecule is CC(C)(C)c1ccc(N2c3cc4ccccc4c4c3B(c3ccc5c(oc6cc7c(cc65)C(C)(C)CCC7(C)C)c32)N2c3c-4cc(C(C)(C)C)cc3C3(C)CCCCC23C)c(-c2ccccc2)c1. The number of nitrogens with zero attached hydrogens (tertiary/aromatic N) is 2. The summed E-state index contributed by atoms with van der Waals surface area (Å²) >= 11 is 0. The first-order chi connectivity index (χ1) is 32.2. The van der Waals surface area contributed by atoms with E-state index in [0.717, 1.165) is 24.0 Å². The molecule has 0 amide bonds. The minimum atomic E-state index is -0.105. The van der Waals surface area contributed by atoms with Crippen molar-refractivity contribution in [1.29, 1.82) is 0 Å². The lowest BCUT2D eigenvalue weighted by Crippen LogP contribution is -2.70. The Bertz CT molecular complexity index is 3490. The highest BCUT2D eigenvalue weighted by Gasteiger charge is 2.63. The second-order valence-electron chi connectivity index (χ2n) is 25.5. The smallest absolute Gasteiger partial charge is 0.329 e. The van der Waals surface area contributed by atoms with Crippen molar-refractivity contribution in [3.63, 3.8) is 0 Å². The topological polar surface area (TPSA) is 19.6 Å². The molecule has 4 heteroatoms. The normalized spacial score (nSPS) is 22.0. The van der Waals surface area contributed by atoms with Crippen molar-refractivity contribution >= 4 is 73.2 Å². The summed E-state index contributed by atoms with van der Waals surface area (Å²) in [6, 6.07) is 45.4. The maximum Gasteiger partial charge on any atom is 0.329 e. The van der Waals surface area contributed by atoms with Gasteiger partial charge in [-0.15, -0.1) is 0 Å². The monoisotopic (exact) mass is 891 g/mol. The van der Waals surface area contributed by atoms with Crippen LogP contribution in [-0.2, 0) is 27.1 Å². The summed E-state index contributed by atoms with van der Waals surface area (Å²) in [5, 5.41) is 5.03. The van der Waals surface area contributed by atoms with Crippen LogP contribution in [-0.4, -0.2) is 12.4 Å². The van der Waals surface area contributed by atoms with Crippen LogP contribution >= 0.6 is 0 Å². The average molecular weight is 891 g/mol. The minimum Gasteiger partial charge on any atom is -0.454 e. The zero-order valence-electron chi connectivity index (χ0n) is 42.6. The molecule has 0 spiro atoms. The lowest BCUT2D eigenvalue weighted by molar-refractivity contribution is 0.199. The highest BCUT2D eigenvalue weighted by molar-refractivity contribution is 6.93. The first-order valence-corrected chi connectivity index (χ1v) is 25.8. The Morgan fingerprint density at radius 2 is 1.22 bits per heavy atom. The van der Waals surface area contributed by atoms with Crippen LogP contribution in [0.25, 0.3) is 55.0 Å². The summed E-state index contributed by atoms with van der Waals surface area (Å²) in [5.41, 5.74) is 22.3. The zero-order valence-corrected chi connectivity index (χ0v) is 42.6. The quantitative estimate of drug-likeness (QED) is 0.161. The van der Waals surface area contributed by atoms with E-state index in [9.17, 15) is 0 Å². The van der Waals surface area contributed by atoms with Crippen LogP contribution in [0.15, 0.2) is 120 Å². The first-order valence-electron chi connectivity index (χ1n) is 25.8. The van der Waals surface area contributed by atoms with Crippen LogP contribution in [0.1, 0.15) is 149 Å². The number of rotatable bonds is 2. The molecule has 1 aromatic heterocycles. The predicted octanol–water partition coefficient (Wildman–Crippen LogP) is 16.3.